The average molecular weight is 317 g/mol. The molecule has 0 amide bonds. The molecule has 21 heavy (non-hydrogen) atoms. The van der Waals surface area contributed by atoms with E-state index in [1.165, 1.54) is 6.07 Å². The molecule has 1 rings (SSSR count). The third kappa shape index (κ3) is 5.19. The number of carbonyl (C=O) groups is 1. The van der Waals surface area contributed by atoms with Crippen molar-refractivity contribution in [2.75, 3.05) is 12.3 Å². The Morgan fingerprint density at radius 1 is 1.24 bits per heavy atom. The molecule has 1 aromatic rings. The number of ether oxygens (including phenoxy) is 1. The van der Waals surface area contributed by atoms with Gasteiger partial charge in [0.1, 0.15) is 16.9 Å². The highest BCUT2D eigenvalue weighted by molar-refractivity contribution is 8.00. The molecule has 0 aliphatic rings. The predicted octanol–water partition coefficient (Wildman–Crippen LogP) is 3.86. The van der Waals surface area contributed by atoms with Crippen molar-refractivity contribution < 1.29 is 18.3 Å². The lowest BCUT2D eigenvalue weighted by Crippen LogP contribution is -2.27. The van der Waals surface area contributed by atoms with Gasteiger partial charge in [0.05, 0.1) is 12.3 Å². The first-order valence-electron chi connectivity index (χ1n) is 6.80. The third-order valence-electron chi connectivity index (χ3n) is 2.70. The van der Waals surface area contributed by atoms with Crippen LogP contribution in [0.4, 0.5) is 14.5 Å². The molecule has 118 valence electrons. The van der Waals surface area contributed by atoms with E-state index in [0.717, 1.165) is 17.8 Å². The van der Waals surface area contributed by atoms with Crippen molar-refractivity contribution in [3.8, 4) is 0 Å². The molecule has 0 fully saturated rings. The van der Waals surface area contributed by atoms with E-state index in [1.54, 1.807) is 0 Å². The zero-order valence-corrected chi connectivity index (χ0v) is 13.5. The molecule has 0 aliphatic carbocycles. The van der Waals surface area contributed by atoms with Crippen molar-refractivity contribution in [3.05, 3.63) is 23.8 Å². The van der Waals surface area contributed by atoms with Gasteiger partial charge in [0.2, 0.25) is 0 Å². The first-order valence-corrected chi connectivity index (χ1v) is 7.68. The van der Waals surface area contributed by atoms with Crippen LogP contribution in [0.2, 0.25) is 0 Å². The smallest absolute Gasteiger partial charge is 0.319 e. The monoisotopic (exact) mass is 317 g/mol. The summed E-state index contributed by atoms with van der Waals surface area (Å²) in [5, 5.41) is -0.567. The van der Waals surface area contributed by atoms with Gasteiger partial charge in [0.15, 0.2) is 0 Å². The number of nitrogens with two attached hydrogens (primary N) is 1. The lowest BCUT2D eigenvalue weighted by molar-refractivity contribution is -0.144. The van der Waals surface area contributed by atoms with Crippen LogP contribution in [0.5, 0.6) is 0 Å². The zero-order chi connectivity index (χ0) is 16.2. The Balaban J connectivity index is 2.88. The molecule has 0 aliphatic heterocycles. The minimum atomic E-state index is -0.805. The second-order valence-corrected chi connectivity index (χ2v) is 6.79. The van der Waals surface area contributed by atoms with Crippen LogP contribution in [-0.2, 0) is 9.53 Å². The number of nitrogen functional groups attached to an aromatic ring is 1. The van der Waals surface area contributed by atoms with Gasteiger partial charge in [-0.1, -0.05) is 27.7 Å². The highest BCUT2D eigenvalue weighted by Crippen LogP contribution is 2.33. The van der Waals surface area contributed by atoms with E-state index in [2.05, 4.69) is 0 Å². The summed E-state index contributed by atoms with van der Waals surface area (Å²) in [5.41, 5.74) is 5.30. The number of thioether (sulfide) groups is 1. The predicted molar refractivity (Wildman–Crippen MR) is 81.1 cm³/mol. The van der Waals surface area contributed by atoms with Gasteiger partial charge in [0.25, 0.3) is 0 Å². The fourth-order valence-corrected chi connectivity index (χ4v) is 2.64. The first kappa shape index (κ1) is 17.8. The van der Waals surface area contributed by atoms with Gasteiger partial charge in [-0.05, 0) is 17.9 Å². The van der Waals surface area contributed by atoms with Gasteiger partial charge in [0, 0.05) is 11.0 Å². The summed E-state index contributed by atoms with van der Waals surface area (Å²) < 4.78 is 32.1. The van der Waals surface area contributed by atoms with Crippen LogP contribution < -0.4 is 5.73 Å². The van der Waals surface area contributed by atoms with Gasteiger partial charge >= 0.3 is 5.97 Å². The molecule has 0 heterocycles. The molecule has 0 radical (unpaired) electrons. The normalized spacial score (nSPS) is 12.8. The van der Waals surface area contributed by atoms with Crippen LogP contribution in [0, 0.1) is 23.5 Å². The number of anilines is 1. The minimum Gasteiger partial charge on any atom is -0.465 e. The molecule has 0 saturated heterocycles. The molecule has 2 N–H and O–H groups in total. The Morgan fingerprint density at radius 3 is 2.38 bits per heavy atom. The molecular formula is C15H21F2NO2S. The Bertz CT molecular complexity index is 507. The molecule has 0 aromatic heterocycles. The van der Waals surface area contributed by atoms with Gasteiger partial charge < -0.3 is 10.5 Å². The maximum Gasteiger partial charge on any atom is 0.319 e. The van der Waals surface area contributed by atoms with E-state index in [0.29, 0.717) is 6.61 Å². The van der Waals surface area contributed by atoms with Crippen molar-refractivity contribution >= 4 is 23.4 Å². The Kier molecular flexibility index (Phi) is 6.45. The molecule has 6 heteroatoms. The lowest BCUT2D eigenvalue weighted by atomic mass is 10.1. The molecule has 1 atom stereocenters. The zero-order valence-electron chi connectivity index (χ0n) is 12.7. The largest absolute Gasteiger partial charge is 0.465 e. The van der Waals surface area contributed by atoms with Crippen molar-refractivity contribution in [2.24, 2.45) is 11.8 Å². The minimum absolute atomic E-state index is 0.0552. The van der Waals surface area contributed by atoms with Crippen molar-refractivity contribution in [1.82, 2.24) is 0 Å². The quantitative estimate of drug-likeness (QED) is 0.492. The molecule has 3 nitrogen and oxygen atoms in total. The summed E-state index contributed by atoms with van der Waals surface area (Å²) in [7, 11) is 0. The standard InChI is InChI=1S/C15H21F2NO2S/c1-8(2)7-20-15(19)14(9(3)4)21-13-6-12(18)10(16)5-11(13)17/h5-6,8-9,14H,7,18H2,1-4H3. The molecule has 0 saturated carbocycles. The topological polar surface area (TPSA) is 52.3 Å². The second-order valence-electron chi connectivity index (χ2n) is 5.61. The molecule has 1 unspecified atom stereocenters. The molecule has 0 bridgehead atoms. The van der Waals surface area contributed by atoms with Crippen molar-refractivity contribution in [2.45, 2.75) is 37.8 Å². The Hall–Kier alpha value is -1.30. The maximum atomic E-state index is 13.8. The van der Waals surface area contributed by atoms with Crippen LogP contribution in [0.3, 0.4) is 0 Å². The van der Waals surface area contributed by atoms with E-state index in [9.17, 15) is 13.6 Å². The van der Waals surface area contributed by atoms with E-state index in [-0.39, 0.29) is 22.4 Å². The fourth-order valence-electron chi connectivity index (χ4n) is 1.56. The fraction of sp³-hybridized carbons (Fsp3) is 0.533. The van der Waals surface area contributed by atoms with Gasteiger partial charge in [-0.15, -0.1) is 11.8 Å². The summed E-state index contributed by atoms with van der Waals surface area (Å²) in [6.45, 7) is 7.88. The van der Waals surface area contributed by atoms with E-state index in [4.69, 9.17) is 10.5 Å². The van der Waals surface area contributed by atoms with Crippen LogP contribution >= 0.6 is 11.8 Å². The van der Waals surface area contributed by atoms with Crippen molar-refractivity contribution in [3.63, 3.8) is 0 Å². The summed E-state index contributed by atoms with van der Waals surface area (Å²) >= 11 is 1.01. The number of rotatable bonds is 6. The summed E-state index contributed by atoms with van der Waals surface area (Å²) in [6.07, 6.45) is 0. The van der Waals surface area contributed by atoms with E-state index >= 15 is 0 Å². The average Bonchev–Trinajstić information content (AvgIpc) is 2.38. The SMILES string of the molecule is CC(C)COC(=O)C(Sc1cc(N)c(F)cc1F)C(C)C. The van der Waals surface area contributed by atoms with Gasteiger partial charge in [-0.25, -0.2) is 8.78 Å². The molecule has 1 aromatic carbocycles. The van der Waals surface area contributed by atoms with E-state index in [1.807, 2.05) is 27.7 Å². The van der Waals surface area contributed by atoms with Crippen LogP contribution in [0.25, 0.3) is 0 Å². The Morgan fingerprint density at radius 2 is 1.86 bits per heavy atom. The van der Waals surface area contributed by atoms with Gasteiger partial charge in [-0.3, -0.25) is 4.79 Å². The highest BCUT2D eigenvalue weighted by atomic mass is 32.2. The number of halogens is 2. The van der Waals surface area contributed by atoms with Crippen LogP contribution in [-0.4, -0.2) is 17.8 Å². The van der Waals surface area contributed by atoms with E-state index < -0.39 is 22.9 Å². The number of hydrogen-bond donors (Lipinski definition) is 1. The number of benzene rings is 1. The number of esters is 1. The van der Waals surface area contributed by atoms with Gasteiger partial charge in [-0.2, -0.15) is 0 Å². The number of carbonyl (C=O) groups excluding carboxylic acids is 1. The van der Waals surface area contributed by atoms with Crippen LogP contribution in [0.1, 0.15) is 27.7 Å². The lowest BCUT2D eigenvalue weighted by Gasteiger charge is -2.20. The summed E-state index contributed by atoms with van der Waals surface area (Å²) in [5.74, 6) is -1.76. The van der Waals surface area contributed by atoms with Crippen LogP contribution in [0.15, 0.2) is 17.0 Å². The summed E-state index contributed by atoms with van der Waals surface area (Å²) in [6, 6.07) is 1.94. The maximum absolute atomic E-state index is 13.8. The first-order chi connectivity index (χ1) is 9.72. The highest BCUT2D eigenvalue weighted by Gasteiger charge is 2.27. The molecule has 0 spiro atoms. The van der Waals surface area contributed by atoms with Crippen molar-refractivity contribution in [1.29, 1.82) is 0 Å². The molecular weight excluding hydrogens is 296 g/mol. The third-order valence-corrected chi connectivity index (χ3v) is 4.26. The number of hydrogen-bond acceptors (Lipinski definition) is 4. The summed E-state index contributed by atoms with van der Waals surface area (Å²) in [4.78, 5) is 12.2. The Labute approximate surface area is 128 Å². The second kappa shape index (κ2) is 7.64.